The van der Waals surface area contributed by atoms with Gasteiger partial charge >= 0.3 is 5.97 Å². The van der Waals surface area contributed by atoms with Crippen LogP contribution in [0.5, 0.6) is 0 Å². The summed E-state index contributed by atoms with van der Waals surface area (Å²) in [5.41, 5.74) is 2.42. The fourth-order valence-corrected chi connectivity index (χ4v) is 3.47. The predicted molar refractivity (Wildman–Crippen MR) is 99.1 cm³/mol. The van der Waals surface area contributed by atoms with Crippen LogP contribution < -0.4 is 0 Å². The lowest BCUT2D eigenvalue weighted by Gasteiger charge is -2.17. The van der Waals surface area contributed by atoms with Crippen LogP contribution in [0.15, 0.2) is 29.7 Å². The van der Waals surface area contributed by atoms with E-state index in [9.17, 15) is 9.59 Å². The van der Waals surface area contributed by atoms with Gasteiger partial charge in [-0.15, -0.1) is 11.3 Å². The highest BCUT2D eigenvalue weighted by atomic mass is 32.1. The standard InChI is InChI=1S/C19H23NO4S/c1-13-10-17(15(3)20(13)14(2)11-23-4)18(21)12-24-19(22)8-7-16-6-5-9-25-16/h5-10,14H,11-12H2,1-4H3/b8-7+/t14-/m0/s1. The summed E-state index contributed by atoms with van der Waals surface area (Å²) < 4.78 is 12.3. The fourth-order valence-electron chi connectivity index (χ4n) is 2.85. The Morgan fingerprint density at radius 2 is 2.12 bits per heavy atom. The number of hydrogen-bond donors (Lipinski definition) is 0. The van der Waals surface area contributed by atoms with Crippen molar-refractivity contribution < 1.29 is 19.1 Å². The van der Waals surface area contributed by atoms with Gasteiger partial charge in [-0.1, -0.05) is 6.07 Å². The number of ether oxygens (including phenoxy) is 2. The van der Waals surface area contributed by atoms with Crippen molar-refractivity contribution in [1.82, 2.24) is 4.57 Å². The molecule has 2 aromatic heterocycles. The van der Waals surface area contributed by atoms with Gasteiger partial charge in [0.1, 0.15) is 0 Å². The first-order chi connectivity index (χ1) is 11.9. The zero-order valence-electron chi connectivity index (χ0n) is 14.9. The van der Waals surface area contributed by atoms with Gasteiger partial charge in [-0.2, -0.15) is 0 Å². The molecule has 1 atom stereocenters. The van der Waals surface area contributed by atoms with E-state index in [0.717, 1.165) is 16.3 Å². The molecule has 0 saturated carbocycles. The Hall–Kier alpha value is -2.18. The number of aromatic nitrogens is 1. The first-order valence-electron chi connectivity index (χ1n) is 8.03. The number of thiophene rings is 1. The van der Waals surface area contributed by atoms with Crippen molar-refractivity contribution in [3.8, 4) is 0 Å². The number of carbonyl (C=O) groups is 2. The van der Waals surface area contributed by atoms with Gasteiger partial charge in [0, 0.05) is 35.0 Å². The van der Waals surface area contributed by atoms with Crippen LogP contribution in [-0.2, 0) is 14.3 Å². The largest absolute Gasteiger partial charge is 0.454 e. The summed E-state index contributed by atoms with van der Waals surface area (Å²) in [7, 11) is 1.65. The number of carbonyl (C=O) groups excluding carboxylic acids is 2. The van der Waals surface area contributed by atoms with Crippen molar-refractivity contribution >= 4 is 29.2 Å². The van der Waals surface area contributed by atoms with Crippen molar-refractivity contribution in [3.63, 3.8) is 0 Å². The van der Waals surface area contributed by atoms with Gasteiger partial charge in [0.25, 0.3) is 0 Å². The molecule has 0 aliphatic rings. The SMILES string of the molecule is COC[C@H](C)n1c(C)cc(C(=O)COC(=O)/C=C/c2cccs2)c1C. The van der Waals surface area contributed by atoms with Gasteiger partial charge in [-0.3, -0.25) is 4.79 Å². The summed E-state index contributed by atoms with van der Waals surface area (Å²) in [6, 6.07) is 5.76. The Balaban J connectivity index is 1.99. The molecule has 0 bridgehead atoms. The maximum absolute atomic E-state index is 12.4. The van der Waals surface area contributed by atoms with E-state index in [4.69, 9.17) is 9.47 Å². The molecule has 5 nitrogen and oxygen atoms in total. The minimum Gasteiger partial charge on any atom is -0.454 e. The number of methoxy groups -OCH3 is 1. The Bertz CT molecular complexity index is 759. The van der Waals surface area contributed by atoms with Crippen LogP contribution in [0.25, 0.3) is 6.08 Å². The average Bonchev–Trinajstić information content (AvgIpc) is 3.18. The smallest absolute Gasteiger partial charge is 0.331 e. The second-order valence-corrected chi connectivity index (χ2v) is 6.82. The highest BCUT2D eigenvalue weighted by molar-refractivity contribution is 7.10. The quantitative estimate of drug-likeness (QED) is 0.407. The zero-order chi connectivity index (χ0) is 18.4. The molecule has 0 saturated heterocycles. The minimum absolute atomic E-state index is 0.128. The molecule has 25 heavy (non-hydrogen) atoms. The molecule has 6 heteroatoms. The normalized spacial score (nSPS) is 12.5. The number of nitrogens with zero attached hydrogens (tertiary/aromatic N) is 1. The third kappa shape index (κ3) is 4.90. The molecule has 0 N–H and O–H groups in total. The number of aryl methyl sites for hydroxylation is 1. The predicted octanol–water partition coefficient (Wildman–Crippen LogP) is 3.81. The lowest BCUT2D eigenvalue weighted by atomic mass is 10.1. The summed E-state index contributed by atoms with van der Waals surface area (Å²) >= 11 is 1.52. The molecule has 2 rings (SSSR count). The molecule has 2 heterocycles. The molecular weight excluding hydrogens is 338 g/mol. The van der Waals surface area contributed by atoms with E-state index in [1.54, 1.807) is 13.2 Å². The lowest BCUT2D eigenvalue weighted by molar-refractivity contribution is -0.136. The second-order valence-electron chi connectivity index (χ2n) is 5.84. The average molecular weight is 361 g/mol. The van der Waals surface area contributed by atoms with Crippen molar-refractivity contribution in [2.75, 3.05) is 20.3 Å². The first kappa shape index (κ1) is 19.1. The van der Waals surface area contributed by atoms with Gasteiger partial charge in [-0.25, -0.2) is 4.79 Å². The molecule has 0 radical (unpaired) electrons. The van der Waals surface area contributed by atoms with Gasteiger partial charge < -0.3 is 14.0 Å². The Morgan fingerprint density at radius 1 is 1.36 bits per heavy atom. The fraction of sp³-hybridized carbons (Fsp3) is 0.368. The molecule has 0 unspecified atom stereocenters. The van der Waals surface area contributed by atoms with Crippen LogP contribution in [-0.4, -0.2) is 36.6 Å². The highest BCUT2D eigenvalue weighted by Crippen LogP contribution is 2.21. The summed E-state index contributed by atoms with van der Waals surface area (Å²) in [5.74, 6) is -0.731. The number of Topliss-reactive ketones (excluding diaryl/α,β-unsaturated/α-hetero) is 1. The Kier molecular flexibility index (Phi) is 6.73. The Labute approximate surface area is 151 Å². The summed E-state index contributed by atoms with van der Waals surface area (Å²) in [6.45, 7) is 6.17. The summed E-state index contributed by atoms with van der Waals surface area (Å²) in [6.07, 6.45) is 3.01. The Morgan fingerprint density at radius 3 is 2.76 bits per heavy atom. The topological polar surface area (TPSA) is 57.5 Å². The van der Waals surface area contributed by atoms with Gasteiger partial charge in [0.15, 0.2) is 6.61 Å². The summed E-state index contributed by atoms with van der Waals surface area (Å²) in [4.78, 5) is 25.1. The third-order valence-electron chi connectivity index (χ3n) is 3.91. The van der Waals surface area contributed by atoms with E-state index in [1.807, 2.05) is 44.4 Å². The van der Waals surface area contributed by atoms with E-state index >= 15 is 0 Å². The number of esters is 1. The number of ketones is 1. The van der Waals surface area contributed by atoms with Crippen molar-refractivity contribution in [3.05, 3.63) is 51.5 Å². The minimum atomic E-state index is -0.525. The first-order valence-corrected chi connectivity index (χ1v) is 8.91. The maximum atomic E-state index is 12.4. The van der Waals surface area contributed by atoms with Crippen LogP contribution in [0, 0.1) is 13.8 Å². The van der Waals surface area contributed by atoms with Gasteiger partial charge in [0.05, 0.1) is 12.6 Å². The molecule has 2 aromatic rings. The van der Waals surface area contributed by atoms with Crippen LogP contribution >= 0.6 is 11.3 Å². The maximum Gasteiger partial charge on any atom is 0.331 e. The van der Waals surface area contributed by atoms with Gasteiger partial charge in [0.2, 0.25) is 5.78 Å². The van der Waals surface area contributed by atoms with Crippen molar-refractivity contribution in [2.24, 2.45) is 0 Å². The van der Waals surface area contributed by atoms with E-state index in [2.05, 4.69) is 4.57 Å². The molecule has 0 spiro atoms. The molecule has 0 aliphatic heterocycles. The van der Waals surface area contributed by atoms with Crippen molar-refractivity contribution in [1.29, 1.82) is 0 Å². The van der Waals surface area contributed by atoms with Crippen LogP contribution in [0.4, 0.5) is 0 Å². The molecule has 0 aromatic carbocycles. The van der Waals surface area contributed by atoms with E-state index < -0.39 is 5.97 Å². The third-order valence-corrected chi connectivity index (χ3v) is 4.74. The van der Waals surface area contributed by atoms with Crippen LogP contribution in [0.1, 0.15) is 39.6 Å². The molecule has 0 fully saturated rings. The zero-order valence-corrected chi connectivity index (χ0v) is 15.8. The van der Waals surface area contributed by atoms with Gasteiger partial charge in [-0.05, 0) is 44.4 Å². The molecule has 0 aliphatic carbocycles. The van der Waals surface area contributed by atoms with Crippen LogP contribution in [0.3, 0.4) is 0 Å². The monoisotopic (exact) mass is 361 g/mol. The number of hydrogen-bond acceptors (Lipinski definition) is 5. The van der Waals surface area contributed by atoms with Crippen LogP contribution in [0.2, 0.25) is 0 Å². The number of rotatable bonds is 8. The molecule has 0 amide bonds. The highest BCUT2D eigenvalue weighted by Gasteiger charge is 2.19. The molecular formula is C19H23NO4S. The summed E-state index contributed by atoms with van der Waals surface area (Å²) in [5, 5.41) is 1.93. The second kappa shape index (κ2) is 8.78. The lowest BCUT2D eigenvalue weighted by Crippen LogP contribution is -2.16. The molecule has 134 valence electrons. The van der Waals surface area contributed by atoms with Crippen molar-refractivity contribution in [2.45, 2.75) is 26.8 Å². The van der Waals surface area contributed by atoms with E-state index in [0.29, 0.717) is 12.2 Å². The van der Waals surface area contributed by atoms with E-state index in [-0.39, 0.29) is 18.4 Å². The van der Waals surface area contributed by atoms with E-state index in [1.165, 1.54) is 17.4 Å².